The molecule has 0 amide bonds. The van der Waals surface area contributed by atoms with Gasteiger partial charge in [-0.2, -0.15) is 0 Å². The maximum absolute atomic E-state index is 9.21. The molecule has 4 heteroatoms. The molecule has 0 aliphatic rings. The highest BCUT2D eigenvalue weighted by atomic mass is 16.5. The first kappa shape index (κ1) is 14.6. The van der Waals surface area contributed by atoms with Gasteiger partial charge in [-0.05, 0) is 26.0 Å². The van der Waals surface area contributed by atoms with Gasteiger partial charge in [-0.3, -0.25) is 0 Å². The van der Waals surface area contributed by atoms with Crippen LogP contribution in [0.1, 0.15) is 27.7 Å². The summed E-state index contributed by atoms with van der Waals surface area (Å²) < 4.78 is 5.63. The summed E-state index contributed by atoms with van der Waals surface area (Å²) in [6.45, 7) is 8.77. The van der Waals surface area contributed by atoms with Gasteiger partial charge in [0.25, 0.3) is 0 Å². The minimum Gasteiger partial charge on any atom is -0.489 e. The van der Waals surface area contributed by atoms with Crippen LogP contribution in [-0.4, -0.2) is 24.4 Å². The summed E-state index contributed by atoms with van der Waals surface area (Å²) >= 11 is 0. The molecule has 0 aliphatic carbocycles. The van der Waals surface area contributed by atoms with Gasteiger partial charge in [-0.15, -0.1) is 0 Å². The van der Waals surface area contributed by atoms with Gasteiger partial charge in [0, 0.05) is 30.3 Å². The standard InChI is InChI=1S/C14H24N2O2/c1-10(2)18-13-7-11(5-6-12(13)15)16-8-14(3,4)9-17/h5-7,10,16-17H,8-9,15H2,1-4H3. The molecule has 1 aromatic carbocycles. The molecular formula is C14H24N2O2. The maximum Gasteiger partial charge on any atom is 0.144 e. The lowest BCUT2D eigenvalue weighted by Crippen LogP contribution is -2.26. The average Bonchev–Trinajstić information content (AvgIpc) is 2.30. The van der Waals surface area contributed by atoms with Crippen molar-refractivity contribution >= 4 is 11.4 Å². The smallest absolute Gasteiger partial charge is 0.144 e. The number of benzene rings is 1. The summed E-state index contributed by atoms with van der Waals surface area (Å²) in [5.74, 6) is 0.691. The van der Waals surface area contributed by atoms with E-state index in [0.29, 0.717) is 18.0 Å². The lowest BCUT2D eigenvalue weighted by molar-refractivity contribution is 0.171. The Labute approximate surface area is 109 Å². The van der Waals surface area contributed by atoms with Crippen molar-refractivity contribution in [2.24, 2.45) is 5.41 Å². The largest absolute Gasteiger partial charge is 0.489 e. The van der Waals surface area contributed by atoms with Crippen LogP contribution in [0.2, 0.25) is 0 Å². The van der Waals surface area contributed by atoms with E-state index >= 15 is 0 Å². The van der Waals surface area contributed by atoms with Crippen molar-refractivity contribution < 1.29 is 9.84 Å². The van der Waals surface area contributed by atoms with E-state index in [9.17, 15) is 5.11 Å². The van der Waals surface area contributed by atoms with Gasteiger partial charge < -0.3 is 20.9 Å². The molecule has 1 rings (SSSR count). The van der Waals surface area contributed by atoms with E-state index < -0.39 is 0 Å². The Morgan fingerprint density at radius 1 is 1.39 bits per heavy atom. The lowest BCUT2D eigenvalue weighted by Gasteiger charge is -2.23. The van der Waals surface area contributed by atoms with Crippen LogP contribution in [0.5, 0.6) is 5.75 Å². The average molecular weight is 252 g/mol. The number of nitrogens with one attached hydrogen (secondary N) is 1. The SMILES string of the molecule is CC(C)Oc1cc(NCC(C)(C)CO)ccc1N. The Morgan fingerprint density at radius 2 is 2.06 bits per heavy atom. The van der Waals surface area contributed by atoms with Gasteiger partial charge in [0.15, 0.2) is 0 Å². The van der Waals surface area contributed by atoms with Gasteiger partial charge in [-0.1, -0.05) is 13.8 Å². The molecule has 0 fully saturated rings. The third-order valence-electron chi connectivity index (χ3n) is 2.58. The van der Waals surface area contributed by atoms with Crippen molar-refractivity contribution in [2.45, 2.75) is 33.8 Å². The van der Waals surface area contributed by atoms with Crippen molar-refractivity contribution in [2.75, 3.05) is 24.2 Å². The highest BCUT2D eigenvalue weighted by Gasteiger charge is 2.16. The molecule has 0 atom stereocenters. The van der Waals surface area contributed by atoms with E-state index in [0.717, 1.165) is 5.69 Å². The van der Waals surface area contributed by atoms with E-state index in [1.54, 1.807) is 0 Å². The lowest BCUT2D eigenvalue weighted by atomic mass is 9.95. The molecule has 4 nitrogen and oxygen atoms in total. The van der Waals surface area contributed by atoms with Crippen LogP contribution in [-0.2, 0) is 0 Å². The maximum atomic E-state index is 9.21. The van der Waals surface area contributed by atoms with Gasteiger partial charge in [-0.25, -0.2) is 0 Å². The number of nitrogen functional groups attached to an aromatic ring is 1. The van der Waals surface area contributed by atoms with Gasteiger partial charge in [0.05, 0.1) is 11.8 Å². The number of anilines is 2. The van der Waals surface area contributed by atoms with Gasteiger partial charge in [0.2, 0.25) is 0 Å². The van der Waals surface area contributed by atoms with Crippen molar-refractivity contribution in [3.8, 4) is 5.75 Å². The first-order chi connectivity index (χ1) is 8.34. The van der Waals surface area contributed by atoms with E-state index in [-0.39, 0.29) is 18.1 Å². The van der Waals surface area contributed by atoms with Crippen LogP contribution < -0.4 is 15.8 Å². The third-order valence-corrected chi connectivity index (χ3v) is 2.58. The Hall–Kier alpha value is -1.42. The summed E-state index contributed by atoms with van der Waals surface area (Å²) in [5.41, 5.74) is 7.28. The minimum atomic E-state index is -0.152. The monoisotopic (exact) mass is 252 g/mol. The summed E-state index contributed by atoms with van der Waals surface area (Å²) in [5, 5.41) is 12.5. The molecule has 0 spiro atoms. The topological polar surface area (TPSA) is 67.5 Å². The third kappa shape index (κ3) is 4.45. The second-order valence-corrected chi connectivity index (χ2v) is 5.60. The van der Waals surface area contributed by atoms with Gasteiger partial charge in [0.1, 0.15) is 5.75 Å². The van der Waals surface area contributed by atoms with Crippen molar-refractivity contribution in [1.82, 2.24) is 0 Å². The second-order valence-electron chi connectivity index (χ2n) is 5.60. The predicted octanol–water partition coefficient (Wildman–Crippen LogP) is 2.49. The summed E-state index contributed by atoms with van der Waals surface area (Å²) in [6, 6.07) is 5.63. The van der Waals surface area contributed by atoms with E-state index in [1.165, 1.54) is 0 Å². The van der Waals surface area contributed by atoms with Gasteiger partial charge >= 0.3 is 0 Å². The molecule has 102 valence electrons. The molecule has 0 aliphatic heterocycles. The van der Waals surface area contributed by atoms with Crippen LogP contribution >= 0.6 is 0 Å². The van der Waals surface area contributed by atoms with Crippen molar-refractivity contribution in [3.05, 3.63) is 18.2 Å². The molecule has 0 aromatic heterocycles. The molecule has 0 bridgehead atoms. The number of rotatable bonds is 6. The molecule has 18 heavy (non-hydrogen) atoms. The summed E-state index contributed by atoms with van der Waals surface area (Å²) in [7, 11) is 0. The Morgan fingerprint density at radius 3 is 2.61 bits per heavy atom. The summed E-state index contributed by atoms with van der Waals surface area (Å²) in [6.07, 6.45) is 0.0939. The Bertz CT molecular complexity index is 389. The van der Waals surface area contributed by atoms with E-state index in [2.05, 4.69) is 5.32 Å². The highest BCUT2D eigenvalue weighted by molar-refractivity contribution is 5.61. The van der Waals surface area contributed by atoms with Crippen LogP contribution in [0.3, 0.4) is 0 Å². The Balaban J connectivity index is 2.73. The fourth-order valence-electron chi connectivity index (χ4n) is 1.40. The number of ether oxygens (including phenoxy) is 1. The fourth-order valence-corrected chi connectivity index (χ4v) is 1.40. The fraction of sp³-hybridized carbons (Fsp3) is 0.571. The number of hydrogen-bond donors (Lipinski definition) is 3. The predicted molar refractivity (Wildman–Crippen MR) is 76.0 cm³/mol. The number of hydrogen-bond acceptors (Lipinski definition) is 4. The Kier molecular flexibility index (Phi) is 4.84. The minimum absolute atomic E-state index is 0.0939. The van der Waals surface area contributed by atoms with Crippen LogP contribution in [0, 0.1) is 5.41 Å². The van der Waals surface area contributed by atoms with Crippen molar-refractivity contribution in [3.63, 3.8) is 0 Å². The van der Waals surface area contributed by atoms with E-state index in [1.807, 2.05) is 45.9 Å². The molecule has 0 unspecified atom stereocenters. The number of aliphatic hydroxyl groups excluding tert-OH is 1. The zero-order chi connectivity index (χ0) is 13.8. The molecule has 0 heterocycles. The highest BCUT2D eigenvalue weighted by Crippen LogP contribution is 2.27. The molecule has 0 radical (unpaired) electrons. The molecule has 0 saturated heterocycles. The second kappa shape index (κ2) is 5.96. The van der Waals surface area contributed by atoms with E-state index in [4.69, 9.17) is 10.5 Å². The molecule has 4 N–H and O–H groups in total. The van der Waals surface area contributed by atoms with Crippen LogP contribution in [0.4, 0.5) is 11.4 Å². The first-order valence-corrected chi connectivity index (χ1v) is 6.25. The normalized spacial score (nSPS) is 11.7. The molecule has 1 aromatic rings. The first-order valence-electron chi connectivity index (χ1n) is 6.25. The molecular weight excluding hydrogens is 228 g/mol. The number of aliphatic hydroxyl groups is 1. The quantitative estimate of drug-likeness (QED) is 0.680. The number of nitrogens with two attached hydrogens (primary N) is 1. The van der Waals surface area contributed by atoms with Crippen molar-refractivity contribution in [1.29, 1.82) is 0 Å². The zero-order valence-corrected chi connectivity index (χ0v) is 11.7. The zero-order valence-electron chi connectivity index (χ0n) is 11.7. The molecule has 0 saturated carbocycles. The summed E-state index contributed by atoms with van der Waals surface area (Å²) in [4.78, 5) is 0. The van der Waals surface area contributed by atoms with Crippen LogP contribution in [0.15, 0.2) is 18.2 Å². The van der Waals surface area contributed by atoms with Crippen LogP contribution in [0.25, 0.3) is 0 Å².